The van der Waals surface area contributed by atoms with E-state index in [4.69, 9.17) is 4.84 Å². The van der Waals surface area contributed by atoms with Gasteiger partial charge in [0.15, 0.2) is 0 Å². The van der Waals surface area contributed by atoms with Crippen molar-refractivity contribution in [2.75, 3.05) is 0 Å². The molecule has 2 aromatic carbocycles. The number of benzene rings is 2. The molecule has 0 saturated heterocycles. The average molecular weight is 361 g/mol. The van der Waals surface area contributed by atoms with E-state index >= 15 is 0 Å². The monoisotopic (exact) mass is 361 g/mol. The number of alkyl halides is 6. The summed E-state index contributed by atoms with van der Waals surface area (Å²) in [4.78, 5) is 5.07. The van der Waals surface area contributed by atoms with E-state index in [1.807, 2.05) is 0 Å². The maximum absolute atomic E-state index is 12.8. The molecule has 0 radical (unpaired) electrons. The highest BCUT2D eigenvalue weighted by molar-refractivity contribution is 5.62. The highest BCUT2D eigenvalue weighted by atomic mass is 19.4. The Morgan fingerprint density at radius 2 is 1.40 bits per heavy atom. The summed E-state index contributed by atoms with van der Waals surface area (Å²) < 4.78 is 76.9. The summed E-state index contributed by atoms with van der Waals surface area (Å²) in [7, 11) is 0. The van der Waals surface area contributed by atoms with Crippen molar-refractivity contribution in [2.24, 2.45) is 0 Å². The summed E-state index contributed by atoms with van der Waals surface area (Å²) in [6.07, 6.45) is -9.83. The largest absolute Gasteiger partial charge is 0.416 e. The number of hydrogen-bond donors (Lipinski definition) is 1. The van der Waals surface area contributed by atoms with E-state index < -0.39 is 23.5 Å². The van der Waals surface area contributed by atoms with Crippen LogP contribution in [0.1, 0.15) is 22.3 Å². The van der Waals surface area contributed by atoms with Gasteiger partial charge in [0.25, 0.3) is 0 Å². The van der Waals surface area contributed by atoms with Gasteiger partial charge in [-0.15, -0.1) is 0 Å². The minimum Gasteiger partial charge on any atom is -0.271 e. The Morgan fingerprint density at radius 1 is 0.880 bits per heavy atom. The molecule has 134 valence electrons. The standard InChI is InChI=1S/C17H13F6NO/c1-11(24-25-10-12-5-3-2-4-6-12)13-7-14(16(18,19)20)9-15(8-13)17(21,22)23/h2-9,24H,1,10H2. The Hall–Kier alpha value is -2.48. The van der Waals surface area contributed by atoms with Gasteiger partial charge in [0.2, 0.25) is 0 Å². The van der Waals surface area contributed by atoms with Crippen LogP contribution in [0.25, 0.3) is 5.70 Å². The van der Waals surface area contributed by atoms with Gasteiger partial charge < -0.3 is 0 Å². The van der Waals surface area contributed by atoms with Gasteiger partial charge in [-0.05, 0) is 23.8 Å². The van der Waals surface area contributed by atoms with Gasteiger partial charge in [-0.1, -0.05) is 36.9 Å². The van der Waals surface area contributed by atoms with Gasteiger partial charge in [0.05, 0.1) is 23.4 Å². The molecule has 8 heteroatoms. The summed E-state index contributed by atoms with van der Waals surface area (Å²) >= 11 is 0. The van der Waals surface area contributed by atoms with Crippen LogP contribution >= 0.6 is 0 Å². The Morgan fingerprint density at radius 3 is 1.88 bits per heavy atom. The maximum atomic E-state index is 12.8. The molecule has 2 rings (SSSR count). The van der Waals surface area contributed by atoms with Crippen LogP contribution in [-0.2, 0) is 23.8 Å². The SMILES string of the molecule is C=C(NOCc1ccccc1)c1cc(C(F)(F)F)cc(C(F)(F)F)c1. The molecular formula is C17H13F6NO. The van der Waals surface area contributed by atoms with E-state index in [0.29, 0.717) is 12.1 Å². The third kappa shape index (κ3) is 5.25. The zero-order valence-corrected chi connectivity index (χ0v) is 12.7. The summed E-state index contributed by atoms with van der Waals surface area (Å²) in [6, 6.07) is 10.0. The molecule has 0 unspecified atom stereocenters. The number of nitrogens with one attached hydrogen (secondary N) is 1. The van der Waals surface area contributed by atoms with Crippen LogP contribution in [0.3, 0.4) is 0 Å². The fraction of sp³-hybridized carbons (Fsp3) is 0.176. The van der Waals surface area contributed by atoms with E-state index in [0.717, 1.165) is 5.56 Å². The second kappa shape index (κ2) is 7.18. The highest BCUT2D eigenvalue weighted by Crippen LogP contribution is 2.37. The first kappa shape index (κ1) is 18.9. The lowest BCUT2D eigenvalue weighted by molar-refractivity contribution is -0.143. The van der Waals surface area contributed by atoms with Crippen LogP contribution in [0.15, 0.2) is 55.1 Å². The third-order valence-electron chi connectivity index (χ3n) is 3.21. The van der Waals surface area contributed by atoms with Gasteiger partial charge in [-0.25, -0.2) is 0 Å². The quantitative estimate of drug-likeness (QED) is 0.567. The van der Waals surface area contributed by atoms with Gasteiger partial charge in [-0.2, -0.15) is 26.3 Å². The maximum Gasteiger partial charge on any atom is 0.416 e. The van der Waals surface area contributed by atoms with E-state index in [9.17, 15) is 26.3 Å². The fourth-order valence-electron chi connectivity index (χ4n) is 1.97. The van der Waals surface area contributed by atoms with E-state index in [1.165, 1.54) is 0 Å². The first-order chi connectivity index (χ1) is 11.6. The van der Waals surface area contributed by atoms with Crippen LogP contribution in [0.2, 0.25) is 0 Å². The summed E-state index contributed by atoms with van der Waals surface area (Å²) in [5, 5.41) is 0. The third-order valence-corrected chi connectivity index (χ3v) is 3.21. The number of hydroxylamine groups is 1. The first-order valence-corrected chi connectivity index (χ1v) is 6.98. The molecule has 0 heterocycles. The minimum absolute atomic E-state index is 0.0571. The normalized spacial score (nSPS) is 12.1. The molecule has 0 amide bonds. The lowest BCUT2D eigenvalue weighted by Gasteiger charge is -2.16. The molecule has 0 aliphatic rings. The zero-order chi connectivity index (χ0) is 18.7. The van der Waals surface area contributed by atoms with Crippen LogP contribution in [0.5, 0.6) is 0 Å². The second-order valence-corrected chi connectivity index (χ2v) is 5.15. The van der Waals surface area contributed by atoms with E-state index in [-0.39, 0.29) is 23.9 Å². The molecule has 0 aromatic heterocycles. The lowest BCUT2D eigenvalue weighted by Crippen LogP contribution is -2.15. The van der Waals surface area contributed by atoms with E-state index in [1.54, 1.807) is 30.3 Å². The molecule has 2 nitrogen and oxygen atoms in total. The van der Waals surface area contributed by atoms with Crippen molar-refractivity contribution in [3.8, 4) is 0 Å². The predicted octanol–water partition coefficient (Wildman–Crippen LogP) is 5.42. The fourth-order valence-corrected chi connectivity index (χ4v) is 1.97. The predicted molar refractivity (Wildman–Crippen MR) is 79.8 cm³/mol. The van der Waals surface area contributed by atoms with Crippen molar-refractivity contribution < 1.29 is 31.2 Å². The number of rotatable bonds is 5. The van der Waals surface area contributed by atoms with Gasteiger partial charge in [0, 0.05) is 5.56 Å². The zero-order valence-electron chi connectivity index (χ0n) is 12.7. The highest BCUT2D eigenvalue weighted by Gasteiger charge is 2.37. The van der Waals surface area contributed by atoms with Crippen LogP contribution in [0.4, 0.5) is 26.3 Å². The smallest absolute Gasteiger partial charge is 0.271 e. The summed E-state index contributed by atoms with van der Waals surface area (Å²) in [6.45, 7) is 3.49. The van der Waals surface area contributed by atoms with Crippen molar-refractivity contribution in [2.45, 2.75) is 19.0 Å². The molecule has 0 spiro atoms. The van der Waals surface area contributed by atoms with Crippen molar-refractivity contribution in [3.63, 3.8) is 0 Å². The van der Waals surface area contributed by atoms with Crippen LogP contribution < -0.4 is 5.48 Å². The van der Waals surface area contributed by atoms with Crippen molar-refractivity contribution >= 4 is 5.70 Å². The molecule has 0 atom stereocenters. The van der Waals surface area contributed by atoms with Crippen LogP contribution in [0, 0.1) is 0 Å². The molecule has 0 bridgehead atoms. The Labute approximate surface area is 139 Å². The molecular weight excluding hydrogens is 348 g/mol. The van der Waals surface area contributed by atoms with Crippen LogP contribution in [-0.4, -0.2) is 0 Å². The average Bonchev–Trinajstić information content (AvgIpc) is 2.53. The Kier molecular flexibility index (Phi) is 5.42. The molecule has 0 fully saturated rings. The molecule has 0 aliphatic heterocycles. The summed E-state index contributed by atoms with van der Waals surface area (Å²) in [5.74, 6) is 0. The van der Waals surface area contributed by atoms with Gasteiger partial charge in [0.1, 0.15) is 0 Å². The van der Waals surface area contributed by atoms with Crippen molar-refractivity contribution in [1.82, 2.24) is 5.48 Å². The van der Waals surface area contributed by atoms with Gasteiger partial charge in [-0.3, -0.25) is 10.3 Å². The van der Waals surface area contributed by atoms with Crippen molar-refractivity contribution in [1.29, 1.82) is 0 Å². The second-order valence-electron chi connectivity index (χ2n) is 5.15. The van der Waals surface area contributed by atoms with E-state index in [2.05, 4.69) is 12.1 Å². The number of halogens is 6. The van der Waals surface area contributed by atoms with Crippen molar-refractivity contribution in [3.05, 3.63) is 77.4 Å². The Balaban J connectivity index is 2.17. The molecule has 1 N–H and O–H groups in total. The first-order valence-electron chi connectivity index (χ1n) is 6.98. The summed E-state index contributed by atoms with van der Waals surface area (Å²) in [5.41, 5.74) is -0.366. The molecule has 0 aliphatic carbocycles. The molecule has 2 aromatic rings. The molecule has 0 saturated carbocycles. The Bertz CT molecular complexity index is 705. The minimum atomic E-state index is -4.92. The topological polar surface area (TPSA) is 21.3 Å². The molecule has 25 heavy (non-hydrogen) atoms. The van der Waals surface area contributed by atoms with Gasteiger partial charge >= 0.3 is 12.4 Å². The number of hydrogen-bond acceptors (Lipinski definition) is 2. The lowest BCUT2D eigenvalue weighted by atomic mass is 10.0.